The summed E-state index contributed by atoms with van der Waals surface area (Å²) in [6.07, 6.45) is 1.67. The average molecular weight is 228 g/mol. The summed E-state index contributed by atoms with van der Waals surface area (Å²) in [5, 5.41) is 19.2. The lowest BCUT2D eigenvalue weighted by atomic mass is 10.1. The van der Waals surface area contributed by atoms with Crippen LogP contribution in [0.5, 0.6) is 0 Å². The van der Waals surface area contributed by atoms with Crippen molar-refractivity contribution in [3.05, 3.63) is 11.0 Å². The molecular weight excluding hydrogens is 208 g/mol. The second kappa shape index (κ2) is 5.60. The summed E-state index contributed by atoms with van der Waals surface area (Å²) in [5.41, 5.74) is -1.85. The molecule has 0 heterocycles. The lowest BCUT2D eigenvalue weighted by Gasteiger charge is -2.19. The first-order valence-corrected chi connectivity index (χ1v) is 5.96. The Hall–Kier alpha value is -0.430. The topological polar surface area (TPSA) is 40.5 Å². The molecule has 0 aromatic heterocycles. The van der Waals surface area contributed by atoms with Gasteiger partial charge in [-0.2, -0.15) is 0 Å². The zero-order valence-corrected chi connectivity index (χ0v) is 10.9. The second-order valence-electron chi connectivity index (χ2n) is 4.33. The van der Waals surface area contributed by atoms with Crippen LogP contribution in [0.15, 0.2) is 11.0 Å². The van der Waals surface area contributed by atoms with Gasteiger partial charge in [0.25, 0.3) is 0 Å². The molecule has 0 aromatic rings. The highest BCUT2D eigenvalue weighted by atomic mass is 32.2. The minimum atomic E-state index is -0.988. The molecule has 0 fully saturated rings. The van der Waals surface area contributed by atoms with Gasteiger partial charge in [-0.3, -0.25) is 0 Å². The molecule has 0 spiro atoms. The first-order valence-electron chi connectivity index (χ1n) is 4.97. The van der Waals surface area contributed by atoms with Crippen molar-refractivity contribution >= 4 is 11.8 Å². The Balaban J connectivity index is 4.77. The van der Waals surface area contributed by atoms with E-state index in [4.69, 9.17) is 0 Å². The number of allylic oxidation sites excluding steroid dienone is 1. The summed E-state index contributed by atoms with van der Waals surface area (Å²) in [7, 11) is 0. The third kappa shape index (κ3) is 7.49. The maximum Gasteiger partial charge on any atom is 0.120 e. The van der Waals surface area contributed by atoms with Gasteiger partial charge < -0.3 is 10.2 Å². The van der Waals surface area contributed by atoms with Crippen molar-refractivity contribution in [1.82, 2.24) is 0 Å². The van der Waals surface area contributed by atoms with Crippen molar-refractivity contribution in [3.63, 3.8) is 0 Å². The molecular formula is C12H20O2S. The lowest BCUT2D eigenvalue weighted by molar-refractivity contribution is 0.129. The van der Waals surface area contributed by atoms with Gasteiger partial charge in [0.15, 0.2) is 0 Å². The van der Waals surface area contributed by atoms with Crippen LogP contribution in [-0.4, -0.2) is 27.2 Å². The Bertz CT molecular complexity index is 281. The van der Waals surface area contributed by atoms with E-state index in [1.54, 1.807) is 45.5 Å². The standard InChI is InChI=1S/C12H20O2S/c1-6-15-10(12(4,5)14)8-7-9-11(2,3)13/h8,13-14H,6H2,1-5H3/b10-8+. The van der Waals surface area contributed by atoms with E-state index in [0.29, 0.717) is 0 Å². The SMILES string of the molecule is CCS/C(=C/C#CC(C)(C)O)C(C)(C)O. The molecule has 2 N–H and O–H groups in total. The van der Waals surface area contributed by atoms with Gasteiger partial charge in [0.05, 0.1) is 5.60 Å². The van der Waals surface area contributed by atoms with Crippen molar-refractivity contribution in [2.75, 3.05) is 5.75 Å². The maximum atomic E-state index is 9.82. The molecule has 0 aliphatic carbocycles. The zero-order valence-electron chi connectivity index (χ0n) is 10.1. The fourth-order valence-corrected chi connectivity index (χ4v) is 1.64. The van der Waals surface area contributed by atoms with Crippen molar-refractivity contribution in [1.29, 1.82) is 0 Å². The van der Waals surface area contributed by atoms with Crippen molar-refractivity contribution in [3.8, 4) is 11.8 Å². The molecule has 86 valence electrons. The first-order chi connectivity index (χ1) is 6.67. The molecule has 0 aliphatic rings. The molecule has 0 bridgehead atoms. The van der Waals surface area contributed by atoms with Gasteiger partial charge in [-0.05, 0) is 33.4 Å². The predicted molar refractivity (Wildman–Crippen MR) is 66.6 cm³/mol. The molecule has 0 aliphatic heterocycles. The third-order valence-corrected chi connectivity index (χ3v) is 2.70. The van der Waals surface area contributed by atoms with Crippen LogP contribution in [0.1, 0.15) is 34.6 Å². The zero-order chi connectivity index (χ0) is 12.1. The van der Waals surface area contributed by atoms with E-state index in [-0.39, 0.29) is 0 Å². The summed E-state index contributed by atoms with van der Waals surface area (Å²) >= 11 is 1.56. The Morgan fingerprint density at radius 1 is 1.27 bits per heavy atom. The monoisotopic (exact) mass is 228 g/mol. The van der Waals surface area contributed by atoms with Crippen molar-refractivity contribution < 1.29 is 10.2 Å². The van der Waals surface area contributed by atoms with Gasteiger partial charge in [0, 0.05) is 11.0 Å². The smallest absolute Gasteiger partial charge is 0.120 e. The van der Waals surface area contributed by atoms with Crippen LogP contribution in [0, 0.1) is 11.8 Å². The molecule has 0 atom stereocenters. The van der Waals surface area contributed by atoms with E-state index in [9.17, 15) is 10.2 Å². The van der Waals surface area contributed by atoms with Crippen LogP contribution in [0.25, 0.3) is 0 Å². The van der Waals surface area contributed by atoms with Crippen LogP contribution >= 0.6 is 11.8 Å². The highest BCUT2D eigenvalue weighted by Crippen LogP contribution is 2.26. The van der Waals surface area contributed by atoms with E-state index < -0.39 is 11.2 Å². The third-order valence-electron chi connectivity index (χ3n) is 1.48. The quantitative estimate of drug-likeness (QED) is 0.727. The molecule has 2 nitrogen and oxygen atoms in total. The molecule has 0 aromatic carbocycles. The summed E-state index contributed by atoms with van der Waals surface area (Å²) in [4.78, 5) is 0.821. The number of aliphatic hydroxyl groups is 2. The highest BCUT2D eigenvalue weighted by Gasteiger charge is 2.18. The highest BCUT2D eigenvalue weighted by molar-refractivity contribution is 8.03. The van der Waals surface area contributed by atoms with E-state index in [0.717, 1.165) is 10.7 Å². The molecule has 0 radical (unpaired) electrons. The van der Waals surface area contributed by atoms with E-state index in [2.05, 4.69) is 11.8 Å². The fourth-order valence-electron chi connectivity index (χ4n) is 0.829. The number of thioether (sulfide) groups is 1. The van der Waals surface area contributed by atoms with Gasteiger partial charge in [-0.25, -0.2) is 0 Å². The fraction of sp³-hybridized carbons (Fsp3) is 0.667. The van der Waals surface area contributed by atoms with Gasteiger partial charge in [0.2, 0.25) is 0 Å². The van der Waals surface area contributed by atoms with Gasteiger partial charge in [-0.1, -0.05) is 18.8 Å². The van der Waals surface area contributed by atoms with Gasteiger partial charge >= 0.3 is 0 Å². The Morgan fingerprint density at radius 3 is 2.13 bits per heavy atom. The van der Waals surface area contributed by atoms with Crippen molar-refractivity contribution in [2.45, 2.75) is 45.8 Å². The van der Waals surface area contributed by atoms with E-state index >= 15 is 0 Å². The average Bonchev–Trinajstić information content (AvgIpc) is 1.98. The molecule has 0 amide bonds. The normalized spacial score (nSPS) is 13.4. The molecule has 0 saturated heterocycles. The molecule has 0 saturated carbocycles. The van der Waals surface area contributed by atoms with Gasteiger partial charge in [-0.15, -0.1) is 11.8 Å². The summed E-state index contributed by atoms with van der Waals surface area (Å²) in [6, 6.07) is 0. The molecule has 3 heteroatoms. The Kier molecular flexibility index (Phi) is 5.44. The number of rotatable bonds is 3. The largest absolute Gasteiger partial charge is 0.385 e. The number of hydrogen-bond acceptors (Lipinski definition) is 3. The van der Waals surface area contributed by atoms with E-state index in [1.807, 2.05) is 6.92 Å². The van der Waals surface area contributed by atoms with Crippen LogP contribution in [0.4, 0.5) is 0 Å². The maximum absolute atomic E-state index is 9.82. The minimum absolute atomic E-state index is 0.821. The summed E-state index contributed by atoms with van der Waals surface area (Å²) in [6.45, 7) is 8.74. The van der Waals surface area contributed by atoms with Crippen LogP contribution in [-0.2, 0) is 0 Å². The summed E-state index contributed by atoms with van der Waals surface area (Å²) < 4.78 is 0. The lowest BCUT2D eigenvalue weighted by Crippen LogP contribution is -2.20. The summed E-state index contributed by atoms with van der Waals surface area (Å²) in [5.74, 6) is 6.35. The predicted octanol–water partition coefficient (Wildman–Crippen LogP) is 2.17. The van der Waals surface area contributed by atoms with Gasteiger partial charge in [0.1, 0.15) is 5.60 Å². The minimum Gasteiger partial charge on any atom is -0.385 e. The Morgan fingerprint density at radius 2 is 1.80 bits per heavy atom. The van der Waals surface area contributed by atoms with Crippen LogP contribution in [0.3, 0.4) is 0 Å². The molecule has 0 rings (SSSR count). The Labute approximate surface area is 96.8 Å². The number of hydrogen-bond donors (Lipinski definition) is 2. The molecule has 0 unspecified atom stereocenters. The van der Waals surface area contributed by atoms with E-state index in [1.165, 1.54) is 0 Å². The molecule has 15 heavy (non-hydrogen) atoms. The first kappa shape index (κ1) is 14.6. The van der Waals surface area contributed by atoms with Crippen molar-refractivity contribution in [2.24, 2.45) is 0 Å². The van der Waals surface area contributed by atoms with Crippen LogP contribution < -0.4 is 0 Å². The van der Waals surface area contributed by atoms with Crippen LogP contribution in [0.2, 0.25) is 0 Å². The second-order valence-corrected chi connectivity index (χ2v) is 5.63.